The lowest BCUT2D eigenvalue weighted by Gasteiger charge is -2.18. The van der Waals surface area contributed by atoms with Crippen LogP contribution in [0.25, 0.3) is 0 Å². The van der Waals surface area contributed by atoms with Crippen LogP contribution in [0.3, 0.4) is 0 Å². The monoisotopic (exact) mass is 400 g/mol. The molecule has 30 heavy (non-hydrogen) atoms. The lowest BCUT2D eigenvalue weighted by molar-refractivity contribution is 0.666. The molecule has 0 heterocycles. The summed E-state index contributed by atoms with van der Waals surface area (Å²) in [6.45, 7) is 9.13. The van der Waals surface area contributed by atoms with E-state index in [4.69, 9.17) is 0 Å². The highest BCUT2D eigenvalue weighted by Crippen LogP contribution is 2.32. The molecule has 0 radical (unpaired) electrons. The molecule has 0 aliphatic rings. The van der Waals surface area contributed by atoms with Crippen LogP contribution in [0.5, 0.6) is 0 Å². The third-order valence-corrected chi connectivity index (χ3v) is 5.87. The van der Waals surface area contributed by atoms with Crippen LogP contribution in [-0.2, 0) is 0 Å². The molecular weight excluding hydrogens is 364 g/mol. The number of benzene rings is 3. The fourth-order valence-corrected chi connectivity index (χ4v) is 4.21. The van der Waals surface area contributed by atoms with E-state index in [2.05, 4.69) is 111 Å². The summed E-state index contributed by atoms with van der Waals surface area (Å²) in [4.78, 5) is 0. The molecule has 2 N–H and O–H groups in total. The molecule has 0 aliphatic heterocycles. The Morgan fingerprint density at radius 1 is 0.567 bits per heavy atom. The first-order chi connectivity index (χ1) is 14.6. The quantitative estimate of drug-likeness (QED) is 0.355. The van der Waals surface area contributed by atoms with Crippen molar-refractivity contribution in [3.05, 3.63) is 83.9 Å². The lowest BCUT2D eigenvalue weighted by atomic mass is 9.94. The second-order valence-electron chi connectivity index (χ2n) is 8.38. The Morgan fingerprint density at radius 3 is 1.30 bits per heavy atom. The molecule has 0 bridgehead atoms. The van der Waals surface area contributed by atoms with Crippen molar-refractivity contribution in [1.29, 1.82) is 0 Å². The van der Waals surface area contributed by atoms with E-state index in [-0.39, 0.29) is 0 Å². The number of rotatable bonds is 10. The van der Waals surface area contributed by atoms with Gasteiger partial charge in [-0.25, -0.2) is 0 Å². The first kappa shape index (κ1) is 22.0. The highest BCUT2D eigenvalue weighted by molar-refractivity contribution is 5.69. The van der Waals surface area contributed by atoms with Gasteiger partial charge in [-0.2, -0.15) is 0 Å². The second-order valence-corrected chi connectivity index (χ2v) is 8.38. The maximum atomic E-state index is 3.62. The Morgan fingerprint density at radius 2 is 0.933 bits per heavy atom. The Balaban J connectivity index is 1.73. The minimum absolute atomic E-state index is 0.557. The van der Waals surface area contributed by atoms with Crippen molar-refractivity contribution in [2.24, 2.45) is 0 Å². The van der Waals surface area contributed by atoms with Crippen molar-refractivity contribution in [2.75, 3.05) is 10.6 Å². The maximum Gasteiger partial charge on any atom is 0.0419 e. The number of nitrogens with one attached hydrogen (secondary N) is 2. The number of hydrogen-bond acceptors (Lipinski definition) is 2. The lowest BCUT2D eigenvalue weighted by Crippen LogP contribution is -2.01. The average Bonchev–Trinajstić information content (AvgIpc) is 2.76. The normalized spacial score (nSPS) is 12.9. The van der Waals surface area contributed by atoms with Crippen molar-refractivity contribution in [3.8, 4) is 0 Å². The minimum Gasteiger partial charge on any atom is -0.355 e. The predicted octanol–water partition coefficient (Wildman–Crippen LogP) is 8.98. The van der Waals surface area contributed by atoms with E-state index in [1.54, 1.807) is 0 Å². The van der Waals surface area contributed by atoms with Crippen LogP contribution in [0.4, 0.5) is 22.7 Å². The molecule has 0 fully saturated rings. The number of para-hydroxylation sites is 2. The molecule has 2 atom stereocenters. The molecule has 0 spiro atoms. The van der Waals surface area contributed by atoms with Crippen LogP contribution in [0.1, 0.15) is 76.3 Å². The zero-order valence-corrected chi connectivity index (χ0v) is 18.9. The van der Waals surface area contributed by atoms with Gasteiger partial charge in [-0.3, -0.25) is 0 Å². The smallest absolute Gasteiger partial charge is 0.0419 e. The summed E-state index contributed by atoms with van der Waals surface area (Å²) in [6.07, 6.45) is 4.82. The molecule has 0 saturated carbocycles. The summed E-state index contributed by atoms with van der Waals surface area (Å²) >= 11 is 0. The van der Waals surface area contributed by atoms with Gasteiger partial charge in [0, 0.05) is 22.7 Å². The Kier molecular flexibility index (Phi) is 7.96. The highest BCUT2D eigenvalue weighted by Gasteiger charge is 2.11. The fraction of sp³-hybridized carbons (Fsp3) is 0.357. The van der Waals surface area contributed by atoms with Gasteiger partial charge in [0.2, 0.25) is 0 Å². The van der Waals surface area contributed by atoms with E-state index in [9.17, 15) is 0 Å². The van der Waals surface area contributed by atoms with Crippen LogP contribution in [0.15, 0.2) is 72.8 Å². The summed E-state index contributed by atoms with van der Waals surface area (Å²) in [5.74, 6) is 1.11. The van der Waals surface area contributed by atoms with Gasteiger partial charge < -0.3 is 10.6 Å². The molecular formula is C28H36N2. The van der Waals surface area contributed by atoms with E-state index in [1.165, 1.54) is 48.2 Å². The SMILES string of the molecule is CCCC(C)c1ccccc1Nc1ccc(Nc2ccccc2C(C)CCC)cc1. The van der Waals surface area contributed by atoms with Crippen LogP contribution >= 0.6 is 0 Å². The van der Waals surface area contributed by atoms with Crippen molar-refractivity contribution in [3.63, 3.8) is 0 Å². The molecule has 3 rings (SSSR count). The van der Waals surface area contributed by atoms with E-state index in [0.717, 1.165) is 11.4 Å². The Hall–Kier alpha value is -2.74. The zero-order chi connectivity index (χ0) is 21.3. The summed E-state index contributed by atoms with van der Waals surface area (Å²) < 4.78 is 0. The Bertz CT molecular complexity index is 837. The first-order valence-electron chi connectivity index (χ1n) is 11.4. The molecule has 2 heteroatoms. The molecule has 158 valence electrons. The van der Waals surface area contributed by atoms with Crippen molar-refractivity contribution >= 4 is 22.7 Å². The first-order valence-corrected chi connectivity index (χ1v) is 11.4. The fourth-order valence-electron chi connectivity index (χ4n) is 4.21. The molecule has 0 amide bonds. The van der Waals surface area contributed by atoms with E-state index >= 15 is 0 Å². The third-order valence-electron chi connectivity index (χ3n) is 5.87. The van der Waals surface area contributed by atoms with Gasteiger partial charge in [-0.1, -0.05) is 76.9 Å². The molecule has 0 aliphatic carbocycles. The van der Waals surface area contributed by atoms with Crippen molar-refractivity contribution < 1.29 is 0 Å². The van der Waals surface area contributed by atoms with E-state index in [1.807, 2.05) is 0 Å². The van der Waals surface area contributed by atoms with Gasteiger partial charge in [0.05, 0.1) is 0 Å². The summed E-state index contributed by atoms with van der Waals surface area (Å²) in [5, 5.41) is 7.24. The van der Waals surface area contributed by atoms with Crippen molar-refractivity contribution in [2.45, 2.75) is 65.2 Å². The topological polar surface area (TPSA) is 24.1 Å². The summed E-state index contributed by atoms with van der Waals surface area (Å²) in [6, 6.07) is 25.9. The van der Waals surface area contributed by atoms with Crippen LogP contribution in [0.2, 0.25) is 0 Å². The van der Waals surface area contributed by atoms with Gasteiger partial charge in [-0.05, 0) is 72.2 Å². The second kappa shape index (κ2) is 10.9. The zero-order valence-electron chi connectivity index (χ0n) is 18.9. The maximum absolute atomic E-state index is 3.62. The van der Waals surface area contributed by atoms with E-state index < -0.39 is 0 Å². The van der Waals surface area contributed by atoms with Gasteiger partial charge >= 0.3 is 0 Å². The molecule has 2 unspecified atom stereocenters. The Labute approximate surface area is 182 Å². The van der Waals surface area contributed by atoms with Crippen molar-refractivity contribution in [1.82, 2.24) is 0 Å². The molecule has 2 nitrogen and oxygen atoms in total. The molecule has 3 aromatic rings. The molecule has 3 aromatic carbocycles. The van der Waals surface area contributed by atoms with Gasteiger partial charge in [0.1, 0.15) is 0 Å². The third kappa shape index (κ3) is 5.66. The standard InChI is InChI=1S/C28H36N2/c1-5-11-21(3)25-13-7-9-15-27(25)29-23-17-19-24(20-18-23)30-28-16-10-8-14-26(28)22(4)12-6-2/h7-10,13-22,29-30H,5-6,11-12H2,1-4H3. The van der Waals surface area contributed by atoms with Crippen LogP contribution < -0.4 is 10.6 Å². The molecule has 0 saturated heterocycles. The summed E-state index contributed by atoms with van der Waals surface area (Å²) in [7, 11) is 0. The average molecular weight is 401 g/mol. The van der Waals surface area contributed by atoms with Crippen LogP contribution in [0, 0.1) is 0 Å². The van der Waals surface area contributed by atoms with Crippen LogP contribution in [-0.4, -0.2) is 0 Å². The molecule has 0 aromatic heterocycles. The highest BCUT2D eigenvalue weighted by atomic mass is 14.9. The summed E-state index contributed by atoms with van der Waals surface area (Å²) in [5.41, 5.74) is 7.42. The van der Waals surface area contributed by atoms with Gasteiger partial charge in [0.25, 0.3) is 0 Å². The number of anilines is 4. The largest absolute Gasteiger partial charge is 0.355 e. The van der Waals surface area contributed by atoms with Gasteiger partial charge in [-0.15, -0.1) is 0 Å². The predicted molar refractivity (Wildman–Crippen MR) is 133 cm³/mol. The van der Waals surface area contributed by atoms with Gasteiger partial charge in [0.15, 0.2) is 0 Å². The van der Waals surface area contributed by atoms with E-state index in [0.29, 0.717) is 11.8 Å². The number of hydrogen-bond donors (Lipinski definition) is 2. The minimum atomic E-state index is 0.557.